The summed E-state index contributed by atoms with van der Waals surface area (Å²) in [5.74, 6) is 0.776. The van der Waals surface area contributed by atoms with Crippen molar-refractivity contribution in [2.24, 2.45) is 15.9 Å². The van der Waals surface area contributed by atoms with Gasteiger partial charge in [-0.1, -0.05) is 75.7 Å². The lowest BCUT2D eigenvalue weighted by Gasteiger charge is -2.33. The molecule has 0 radical (unpaired) electrons. The van der Waals surface area contributed by atoms with Gasteiger partial charge in [0, 0.05) is 17.8 Å². The van der Waals surface area contributed by atoms with Gasteiger partial charge in [0.1, 0.15) is 6.17 Å². The van der Waals surface area contributed by atoms with Crippen molar-refractivity contribution in [2.75, 3.05) is 0 Å². The van der Waals surface area contributed by atoms with Gasteiger partial charge in [0.15, 0.2) is 5.71 Å². The van der Waals surface area contributed by atoms with Crippen LogP contribution in [0.4, 0.5) is 0 Å². The molecule has 0 fully saturated rings. The molecule has 3 aromatic rings. The van der Waals surface area contributed by atoms with Crippen molar-refractivity contribution in [1.29, 1.82) is 0 Å². The summed E-state index contributed by atoms with van der Waals surface area (Å²) in [7, 11) is 0. The van der Waals surface area contributed by atoms with E-state index in [0.717, 1.165) is 46.5 Å². The fourth-order valence-corrected chi connectivity index (χ4v) is 4.33. The van der Waals surface area contributed by atoms with Crippen LogP contribution in [0, 0.1) is 5.92 Å². The van der Waals surface area contributed by atoms with Crippen LogP contribution < -0.4 is 0 Å². The largest absolute Gasteiger partial charge is 0.311 e. The average Bonchev–Trinajstić information content (AvgIpc) is 3.53. The van der Waals surface area contributed by atoms with Gasteiger partial charge in [-0.3, -0.25) is 9.79 Å². The van der Waals surface area contributed by atoms with E-state index < -0.39 is 0 Å². The third kappa shape index (κ3) is 4.07. The third-order valence-corrected chi connectivity index (χ3v) is 6.15. The van der Waals surface area contributed by atoms with E-state index >= 15 is 0 Å². The Balaban J connectivity index is 1.40. The first-order valence-corrected chi connectivity index (χ1v) is 11.7. The number of tetrazole rings is 1. The first-order chi connectivity index (χ1) is 16.5. The Bertz CT molecular complexity index is 1290. The molecular weight excluding hydrogens is 426 g/mol. The number of hydrogen-bond donors (Lipinski definition) is 1. The van der Waals surface area contributed by atoms with Crippen molar-refractivity contribution in [2.45, 2.75) is 46.3 Å². The van der Waals surface area contributed by atoms with E-state index in [-0.39, 0.29) is 18.0 Å². The summed E-state index contributed by atoms with van der Waals surface area (Å²) >= 11 is 0. The number of aromatic nitrogens is 4. The Morgan fingerprint density at radius 2 is 1.82 bits per heavy atom. The fourth-order valence-electron chi connectivity index (χ4n) is 4.33. The number of H-pyrrole nitrogens is 1. The zero-order chi connectivity index (χ0) is 23.7. The topological polar surface area (TPSA) is 99.5 Å². The predicted octanol–water partition coefficient (Wildman–Crippen LogP) is 4.44. The van der Waals surface area contributed by atoms with E-state index in [9.17, 15) is 4.79 Å². The van der Waals surface area contributed by atoms with Crippen LogP contribution in [0.1, 0.15) is 39.2 Å². The minimum Gasteiger partial charge on any atom is -0.311 e. The number of aromatic amines is 1. The summed E-state index contributed by atoms with van der Waals surface area (Å²) in [6.45, 7) is 6.77. The monoisotopic (exact) mass is 453 g/mol. The summed E-state index contributed by atoms with van der Waals surface area (Å²) in [6, 6.07) is 16.2. The minimum atomic E-state index is -0.173. The van der Waals surface area contributed by atoms with Crippen molar-refractivity contribution in [3.63, 3.8) is 0 Å². The maximum absolute atomic E-state index is 13.4. The number of carbonyl (C=O) groups is 1. The molecule has 1 atom stereocenters. The predicted molar refractivity (Wildman–Crippen MR) is 132 cm³/mol. The molecule has 0 aliphatic carbocycles. The standard InChI is InChI=1S/C26H27N7O/c1-4-7-23-27-22-14-21(16(2)3)28-24(22)26(34)33(23)15-17-10-12-18(13-11-17)19-8-5-6-9-20(19)25-29-31-32-30-25/h5-6,8-14,16,23H,4,7,15H2,1-3H3,(H,29,30,31,32). The molecular formula is C26H27N7O. The van der Waals surface area contributed by atoms with Gasteiger partial charge in [0.25, 0.3) is 5.91 Å². The number of amides is 1. The van der Waals surface area contributed by atoms with E-state index in [1.165, 1.54) is 0 Å². The number of rotatable bonds is 7. The highest BCUT2D eigenvalue weighted by Crippen LogP contribution is 2.31. The molecule has 0 spiro atoms. The Labute approximate surface area is 198 Å². The van der Waals surface area contributed by atoms with Gasteiger partial charge in [-0.15, -0.1) is 10.2 Å². The summed E-state index contributed by atoms with van der Waals surface area (Å²) in [6.07, 6.45) is 3.56. The normalized spacial score (nSPS) is 17.5. The van der Waals surface area contributed by atoms with E-state index in [1.54, 1.807) is 0 Å². The number of aliphatic imine (C=N–C) groups is 2. The fraction of sp³-hybridized carbons (Fsp3) is 0.308. The maximum atomic E-state index is 13.4. The second kappa shape index (κ2) is 9.13. The molecule has 5 rings (SSSR count). The van der Waals surface area contributed by atoms with Crippen molar-refractivity contribution in [3.05, 3.63) is 65.9 Å². The molecule has 0 saturated carbocycles. The van der Waals surface area contributed by atoms with Gasteiger partial charge in [0.2, 0.25) is 5.82 Å². The number of nitrogens with zero attached hydrogens (tertiary/aromatic N) is 6. The smallest absolute Gasteiger partial charge is 0.276 e. The van der Waals surface area contributed by atoms with Crippen molar-refractivity contribution in [3.8, 4) is 22.5 Å². The van der Waals surface area contributed by atoms with Crippen LogP contribution in [0.3, 0.4) is 0 Å². The molecule has 2 aromatic carbocycles. The number of allylic oxidation sites excluding steroid dienone is 2. The van der Waals surface area contributed by atoms with Crippen LogP contribution in [-0.4, -0.2) is 49.0 Å². The molecule has 1 amide bonds. The highest BCUT2D eigenvalue weighted by Gasteiger charge is 2.36. The van der Waals surface area contributed by atoms with E-state index in [0.29, 0.717) is 18.1 Å². The van der Waals surface area contributed by atoms with Crippen molar-refractivity contribution >= 4 is 17.3 Å². The summed E-state index contributed by atoms with van der Waals surface area (Å²) in [5, 5.41) is 14.4. The van der Waals surface area contributed by atoms with Gasteiger partial charge in [-0.05, 0) is 40.3 Å². The Morgan fingerprint density at radius 3 is 2.50 bits per heavy atom. The van der Waals surface area contributed by atoms with Crippen LogP contribution in [0.25, 0.3) is 22.5 Å². The molecule has 1 aromatic heterocycles. The van der Waals surface area contributed by atoms with Gasteiger partial charge in [-0.25, -0.2) is 4.99 Å². The molecule has 0 saturated heterocycles. The first kappa shape index (κ1) is 21.9. The molecule has 34 heavy (non-hydrogen) atoms. The molecule has 2 aliphatic heterocycles. The van der Waals surface area contributed by atoms with Gasteiger partial charge in [0.05, 0.1) is 5.71 Å². The van der Waals surface area contributed by atoms with Crippen LogP contribution in [0.2, 0.25) is 0 Å². The molecule has 2 aliphatic rings. The molecule has 1 unspecified atom stereocenters. The van der Waals surface area contributed by atoms with Crippen LogP contribution in [0.5, 0.6) is 0 Å². The lowest BCUT2D eigenvalue weighted by atomic mass is 9.98. The van der Waals surface area contributed by atoms with Gasteiger partial charge < -0.3 is 4.90 Å². The Hall–Kier alpha value is -3.94. The Kier molecular flexibility index (Phi) is 5.88. The summed E-state index contributed by atoms with van der Waals surface area (Å²) in [5.41, 5.74) is 6.15. The zero-order valence-electron chi connectivity index (χ0n) is 19.6. The molecule has 172 valence electrons. The van der Waals surface area contributed by atoms with Crippen LogP contribution in [-0.2, 0) is 11.3 Å². The SMILES string of the molecule is CCCC1N=C2C=C(C(C)C)N=C2C(=O)N1Cc1ccc(-c2ccccc2-c2nn[nH]n2)cc1. The lowest BCUT2D eigenvalue weighted by molar-refractivity contribution is -0.127. The highest BCUT2D eigenvalue weighted by atomic mass is 16.2. The number of carbonyl (C=O) groups excluding carboxylic acids is 1. The zero-order valence-corrected chi connectivity index (χ0v) is 19.6. The van der Waals surface area contributed by atoms with Crippen LogP contribution in [0.15, 0.2) is 70.3 Å². The van der Waals surface area contributed by atoms with E-state index in [1.807, 2.05) is 35.2 Å². The van der Waals surface area contributed by atoms with E-state index in [4.69, 9.17) is 4.99 Å². The molecule has 3 heterocycles. The quantitative estimate of drug-likeness (QED) is 0.572. The maximum Gasteiger partial charge on any atom is 0.276 e. The Morgan fingerprint density at radius 1 is 1.06 bits per heavy atom. The van der Waals surface area contributed by atoms with E-state index in [2.05, 4.69) is 70.7 Å². The highest BCUT2D eigenvalue weighted by molar-refractivity contribution is 6.70. The minimum absolute atomic E-state index is 0.0399. The molecule has 8 heteroatoms. The van der Waals surface area contributed by atoms with Crippen molar-refractivity contribution < 1.29 is 4.79 Å². The van der Waals surface area contributed by atoms with Gasteiger partial charge in [-0.2, -0.15) is 5.21 Å². The second-order valence-corrected chi connectivity index (χ2v) is 8.88. The van der Waals surface area contributed by atoms with Crippen molar-refractivity contribution in [1.82, 2.24) is 25.5 Å². The first-order valence-electron chi connectivity index (χ1n) is 11.7. The average molecular weight is 454 g/mol. The number of benzene rings is 2. The second-order valence-electron chi connectivity index (χ2n) is 8.88. The lowest BCUT2D eigenvalue weighted by Crippen LogP contribution is -2.48. The summed E-state index contributed by atoms with van der Waals surface area (Å²) in [4.78, 5) is 24.7. The number of hydrogen-bond acceptors (Lipinski definition) is 6. The molecule has 0 bridgehead atoms. The number of nitrogens with one attached hydrogen (secondary N) is 1. The molecule has 1 N–H and O–H groups in total. The number of fused-ring (bicyclic) bond motifs is 1. The third-order valence-electron chi connectivity index (χ3n) is 6.15. The van der Waals surface area contributed by atoms with Crippen LogP contribution >= 0.6 is 0 Å². The van der Waals surface area contributed by atoms with Gasteiger partial charge >= 0.3 is 0 Å². The molecule has 8 nitrogen and oxygen atoms in total. The summed E-state index contributed by atoms with van der Waals surface area (Å²) < 4.78 is 0.